The first-order valence-corrected chi connectivity index (χ1v) is 11.2. The summed E-state index contributed by atoms with van der Waals surface area (Å²) in [5, 5.41) is 17.0. The molecule has 0 spiro atoms. The van der Waals surface area contributed by atoms with Crippen molar-refractivity contribution < 1.29 is 23.7 Å². The first-order valence-electron chi connectivity index (χ1n) is 10.4. The van der Waals surface area contributed by atoms with Crippen LogP contribution in [0.2, 0.25) is 0 Å². The predicted molar refractivity (Wildman–Crippen MR) is 121 cm³/mol. The Labute approximate surface area is 185 Å². The molecule has 31 heavy (non-hydrogen) atoms. The quantitative estimate of drug-likeness (QED) is 0.303. The molecule has 2 aromatic heterocycles. The maximum atomic E-state index is 12.5. The molecule has 0 saturated carbocycles. The van der Waals surface area contributed by atoms with Gasteiger partial charge in [-0.3, -0.25) is 0 Å². The number of nitrogens with zero attached hydrogens (tertiary/aromatic N) is 2. The zero-order valence-electron chi connectivity index (χ0n) is 18.4. The molecule has 0 bridgehead atoms. The number of carbonyl (C=O) groups is 1. The summed E-state index contributed by atoms with van der Waals surface area (Å²) in [7, 11) is 0. The molecule has 0 fully saturated rings. The fourth-order valence-corrected chi connectivity index (χ4v) is 4.17. The standard InChI is InChI=1S/C22H29N3O5S/c1-5-6-19-24-17-14-25(27)18-13-15(7-8-16(18)20(17)31-19)29-12-11-28-10-9-23-21(26)30-22(2,3)4/h7-8,13-14H,5-6,9-12H2,1-4H3,(H,23,26). The number of hydrogen-bond donors (Lipinski definition) is 1. The van der Waals surface area contributed by atoms with E-state index in [0.717, 1.165) is 38.2 Å². The zero-order valence-corrected chi connectivity index (χ0v) is 19.2. The number of benzene rings is 1. The summed E-state index contributed by atoms with van der Waals surface area (Å²) in [6, 6.07) is 5.50. The van der Waals surface area contributed by atoms with Gasteiger partial charge in [0.05, 0.1) is 34.4 Å². The van der Waals surface area contributed by atoms with Gasteiger partial charge in [0, 0.05) is 6.54 Å². The third-order valence-electron chi connectivity index (χ3n) is 4.26. The Kier molecular flexibility index (Phi) is 7.50. The summed E-state index contributed by atoms with van der Waals surface area (Å²) in [4.78, 5) is 16.1. The van der Waals surface area contributed by atoms with Gasteiger partial charge in [0.1, 0.15) is 23.5 Å². The molecule has 0 atom stereocenters. The minimum absolute atomic E-state index is 0.334. The van der Waals surface area contributed by atoms with Crippen LogP contribution in [0.1, 0.15) is 39.1 Å². The van der Waals surface area contributed by atoms with Crippen LogP contribution in [0.3, 0.4) is 0 Å². The summed E-state index contributed by atoms with van der Waals surface area (Å²) >= 11 is 1.64. The molecule has 0 saturated heterocycles. The van der Waals surface area contributed by atoms with Crippen LogP contribution in [0.5, 0.6) is 5.75 Å². The highest BCUT2D eigenvalue weighted by molar-refractivity contribution is 7.19. The number of aryl methyl sites for hydroxylation is 1. The zero-order chi connectivity index (χ0) is 22.4. The summed E-state index contributed by atoms with van der Waals surface area (Å²) in [5.41, 5.74) is 0.766. The van der Waals surface area contributed by atoms with E-state index in [0.29, 0.717) is 37.6 Å². The number of pyridine rings is 1. The summed E-state index contributed by atoms with van der Waals surface area (Å²) < 4.78 is 18.2. The number of thiazole rings is 1. The SMILES string of the molecule is CCCc1nc2c[n+]([O-])c3cc(OCCOCCNC(=O)OC(C)(C)C)ccc3c2s1. The van der Waals surface area contributed by atoms with Crippen molar-refractivity contribution in [2.24, 2.45) is 0 Å². The maximum Gasteiger partial charge on any atom is 0.407 e. The largest absolute Gasteiger partial charge is 0.618 e. The van der Waals surface area contributed by atoms with Gasteiger partial charge in [-0.25, -0.2) is 9.78 Å². The Balaban J connectivity index is 1.49. The second kappa shape index (κ2) is 10.1. The number of amides is 1. The fourth-order valence-electron chi connectivity index (χ4n) is 3.00. The molecular formula is C22H29N3O5S. The first kappa shape index (κ1) is 23.0. The van der Waals surface area contributed by atoms with E-state index in [1.165, 1.54) is 6.20 Å². The number of hydrogen-bond acceptors (Lipinski definition) is 7. The molecule has 2 heterocycles. The van der Waals surface area contributed by atoms with Crippen LogP contribution in [0, 0.1) is 5.21 Å². The predicted octanol–water partition coefficient (Wildman–Crippen LogP) is 3.96. The number of alkyl carbamates (subject to hydrolysis) is 1. The monoisotopic (exact) mass is 447 g/mol. The molecule has 1 N–H and O–H groups in total. The number of aromatic nitrogens is 2. The van der Waals surface area contributed by atoms with E-state index in [9.17, 15) is 10.0 Å². The lowest BCUT2D eigenvalue weighted by Crippen LogP contribution is -2.34. The van der Waals surface area contributed by atoms with Gasteiger partial charge in [0.2, 0.25) is 11.7 Å². The molecular weight excluding hydrogens is 418 g/mol. The smallest absolute Gasteiger partial charge is 0.407 e. The van der Waals surface area contributed by atoms with E-state index in [2.05, 4.69) is 17.2 Å². The van der Waals surface area contributed by atoms with Crippen LogP contribution in [0.15, 0.2) is 24.4 Å². The minimum atomic E-state index is -0.523. The van der Waals surface area contributed by atoms with E-state index in [4.69, 9.17) is 14.2 Å². The molecule has 3 aromatic rings. The Hall–Kier alpha value is -2.65. The van der Waals surface area contributed by atoms with Gasteiger partial charge in [-0.15, -0.1) is 11.3 Å². The first-order chi connectivity index (χ1) is 14.8. The molecule has 3 rings (SSSR count). The third-order valence-corrected chi connectivity index (χ3v) is 5.43. The Morgan fingerprint density at radius 3 is 2.81 bits per heavy atom. The van der Waals surface area contributed by atoms with Crippen molar-refractivity contribution in [3.05, 3.63) is 34.6 Å². The maximum absolute atomic E-state index is 12.5. The fraction of sp³-hybridized carbons (Fsp3) is 0.500. The lowest BCUT2D eigenvalue weighted by molar-refractivity contribution is -0.575. The number of nitrogens with one attached hydrogen (secondary N) is 1. The van der Waals surface area contributed by atoms with Gasteiger partial charge in [-0.2, -0.15) is 4.73 Å². The van der Waals surface area contributed by atoms with Gasteiger partial charge in [0.15, 0.2) is 0 Å². The second-order valence-corrected chi connectivity index (χ2v) is 9.18. The Morgan fingerprint density at radius 1 is 1.26 bits per heavy atom. The molecule has 8 nitrogen and oxygen atoms in total. The van der Waals surface area contributed by atoms with E-state index < -0.39 is 11.7 Å². The average molecular weight is 448 g/mol. The molecule has 0 aliphatic rings. The molecule has 0 unspecified atom stereocenters. The molecule has 0 radical (unpaired) electrons. The molecule has 0 aliphatic carbocycles. The van der Waals surface area contributed by atoms with Crippen LogP contribution < -0.4 is 14.8 Å². The molecule has 1 amide bonds. The lowest BCUT2D eigenvalue weighted by atomic mass is 10.2. The highest BCUT2D eigenvalue weighted by Gasteiger charge is 2.16. The van der Waals surface area contributed by atoms with Gasteiger partial charge in [0.25, 0.3) is 0 Å². The second-order valence-electron chi connectivity index (χ2n) is 8.10. The van der Waals surface area contributed by atoms with Gasteiger partial charge < -0.3 is 24.7 Å². The van der Waals surface area contributed by atoms with E-state index in [1.54, 1.807) is 17.4 Å². The van der Waals surface area contributed by atoms with Crippen LogP contribution >= 0.6 is 11.3 Å². The highest BCUT2D eigenvalue weighted by Crippen LogP contribution is 2.30. The van der Waals surface area contributed by atoms with E-state index >= 15 is 0 Å². The number of rotatable bonds is 9. The van der Waals surface area contributed by atoms with Crippen molar-refractivity contribution in [3.63, 3.8) is 0 Å². The number of ether oxygens (including phenoxy) is 3. The van der Waals surface area contributed by atoms with Crippen molar-refractivity contribution in [3.8, 4) is 5.75 Å². The average Bonchev–Trinajstić information content (AvgIpc) is 3.08. The minimum Gasteiger partial charge on any atom is -0.618 e. The van der Waals surface area contributed by atoms with Gasteiger partial charge >= 0.3 is 6.09 Å². The third kappa shape index (κ3) is 6.41. The molecule has 1 aromatic carbocycles. The van der Waals surface area contributed by atoms with Crippen LogP contribution in [-0.4, -0.2) is 43.0 Å². The van der Waals surface area contributed by atoms with Crippen LogP contribution in [-0.2, 0) is 15.9 Å². The number of carbonyl (C=O) groups excluding carboxylic acids is 1. The van der Waals surface area contributed by atoms with E-state index in [-0.39, 0.29) is 0 Å². The highest BCUT2D eigenvalue weighted by atomic mass is 32.1. The normalized spacial score (nSPS) is 11.7. The molecule has 0 aliphatic heterocycles. The molecule has 168 valence electrons. The van der Waals surface area contributed by atoms with Crippen molar-refractivity contribution >= 4 is 38.5 Å². The summed E-state index contributed by atoms with van der Waals surface area (Å²) in [6.45, 7) is 8.94. The van der Waals surface area contributed by atoms with Crippen molar-refractivity contribution in [2.75, 3.05) is 26.4 Å². The van der Waals surface area contributed by atoms with E-state index in [1.807, 2.05) is 32.9 Å². The summed E-state index contributed by atoms with van der Waals surface area (Å²) in [5.74, 6) is 0.602. The van der Waals surface area contributed by atoms with Crippen molar-refractivity contribution in [1.29, 1.82) is 0 Å². The lowest BCUT2D eigenvalue weighted by Gasteiger charge is -2.19. The van der Waals surface area contributed by atoms with Gasteiger partial charge in [-0.05, 0) is 45.7 Å². The van der Waals surface area contributed by atoms with Gasteiger partial charge in [-0.1, -0.05) is 6.92 Å². The Morgan fingerprint density at radius 2 is 2.06 bits per heavy atom. The van der Waals surface area contributed by atoms with Crippen molar-refractivity contribution in [2.45, 2.75) is 46.1 Å². The van der Waals surface area contributed by atoms with Crippen LogP contribution in [0.4, 0.5) is 4.79 Å². The Bertz CT molecular complexity index is 1040. The molecule has 9 heteroatoms. The topological polar surface area (TPSA) is 96.6 Å². The number of fused-ring (bicyclic) bond motifs is 3. The van der Waals surface area contributed by atoms with Crippen molar-refractivity contribution in [1.82, 2.24) is 10.3 Å². The van der Waals surface area contributed by atoms with Crippen LogP contribution in [0.25, 0.3) is 21.1 Å². The summed E-state index contributed by atoms with van der Waals surface area (Å²) in [6.07, 6.45) is 2.99.